The highest BCUT2D eigenvalue weighted by Crippen LogP contribution is 2.17. The Bertz CT molecular complexity index is 645. The van der Waals surface area contributed by atoms with Crippen LogP contribution in [0.5, 0.6) is 0 Å². The van der Waals surface area contributed by atoms with Crippen molar-refractivity contribution >= 4 is 11.3 Å². The van der Waals surface area contributed by atoms with Crippen molar-refractivity contribution in [2.45, 2.75) is 13.3 Å². The number of thiazole rings is 1. The minimum absolute atomic E-state index is 0.587. The van der Waals surface area contributed by atoms with Gasteiger partial charge in [-0.2, -0.15) is 4.98 Å². The molecule has 3 rings (SSSR count). The molecule has 2 aromatic heterocycles. The summed E-state index contributed by atoms with van der Waals surface area (Å²) in [7, 11) is 0. The monoisotopic (exact) mass is 257 g/mol. The van der Waals surface area contributed by atoms with Crippen molar-refractivity contribution in [3.63, 3.8) is 0 Å². The second kappa shape index (κ2) is 4.70. The van der Waals surface area contributed by atoms with Crippen molar-refractivity contribution in [3.05, 3.63) is 52.3 Å². The maximum Gasteiger partial charge on any atom is 0.233 e. The van der Waals surface area contributed by atoms with Crippen LogP contribution >= 0.6 is 11.3 Å². The second-order valence-electron chi connectivity index (χ2n) is 3.91. The molecule has 0 radical (unpaired) electrons. The van der Waals surface area contributed by atoms with Crippen molar-refractivity contribution < 1.29 is 4.52 Å². The van der Waals surface area contributed by atoms with Gasteiger partial charge in [-0.05, 0) is 6.92 Å². The maximum absolute atomic E-state index is 5.24. The summed E-state index contributed by atoms with van der Waals surface area (Å²) in [5.74, 6) is 1.22. The van der Waals surface area contributed by atoms with E-state index in [4.69, 9.17) is 4.52 Å². The van der Waals surface area contributed by atoms with Crippen molar-refractivity contribution in [1.82, 2.24) is 15.1 Å². The van der Waals surface area contributed by atoms with E-state index in [1.807, 2.05) is 42.6 Å². The van der Waals surface area contributed by atoms with Crippen LogP contribution in [0.15, 0.2) is 40.2 Å². The molecule has 0 aliphatic carbocycles. The van der Waals surface area contributed by atoms with Crippen LogP contribution < -0.4 is 0 Å². The predicted octanol–water partition coefficient (Wildman–Crippen LogP) is 3.09. The van der Waals surface area contributed by atoms with E-state index in [0.717, 1.165) is 16.3 Å². The van der Waals surface area contributed by atoms with Crippen LogP contribution in [0.2, 0.25) is 0 Å². The van der Waals surface area contributed by atoms with E-state index in [2.05, 4.69) is 15.1 Å². The number of aryl methyl sites for hydroxylation is 1. The van der Waals surface area contributed by atoms with Gasteiger partial charge in [0.25, 0.3) is 0 Å². The van der Waals surface area contributed by atoms with Gasteiger partial charge in [-0.25, -0.2) is 4.98 Å². The molecule has 0 atom stereocenters. The number of hydrogen-bond donors (Lipinski definition) is 0. The third-order valence-corrected chi connectivity index (χ3v) is 3.32. The lowest BCUT2D eigenvalue weighted by Gasteiger charge is -1.90. The Labute approximate surface area is 108 Å². The van der Waals surface area contributed by atoms with E-state index in [0.29, 0.717) is 18.1 Å². The van der Waals surface area contributed by atoms with Gasteiger partial charge < -0.3 is 4.52 Å². The van der Waals surface area contributed by atoms with Gasteiger partial charge >= 0.3 is 0 Å². The van der Waals surface area contributed by atoms with Crippen LogP contribution in [-0.4, -0.2) is 15.1 Å². The molecule has 0 bridgehead atoms. The van der Waals surface area contributed by atoms with Gasteiger partial charge in [0.05, 0.1) is 17.1 Å². The first kappa shape index (κ1) is 11.1. The molecule has 1 aromatic carbocycles. The van der Waals surface area contributed by atoms with E-state index in [-0.39, 0.29) is 0 Å². The SMILES string of the molecule is Cc1nc(Cc2nc(-c3ccccc3)no2)cs1. The minimum Gasteiger partial charge on any atom is -0.339 e. The predicted molar refractivity (Wildman–Crippen MR) is 69.4 cm³/mol. The molecule has 0 spiro atoms. The summed E-state index contributed by atoms with van der Waals surface area (Å²) >= 11 is 1.63. The average Bonchev–Trinajstić information content (AvgIpc) is 3.01. The molecule has 0 amide bonds. The summed E-state index contributed by atoms with van der Waals surface area (Å²) < 4.78 is 5.24. The number of aromatic nitrogens is 3. The van der Waals surface area contributed by atoms with Crippen LogP contribution in [0.25, 0.3) is 11.4 Å². The normalized spacial score (nSPS) is 10.7. The molecule has 0 N–H and O–H groups in total. The highest BCUT2D eigenvalue weighted by atomic mass is 32.1. The molecular formula is C13H11N3OS. The maximum atomic E-state index is 5.24. The Morgan fingerprint density at radius 1 is 1.17 bits per heavy atom. The van der Waals surface area contributed by atoms with Gasteiger partial charge in [0.1, 0.15) is 0 Å². The quantitative estimate of drug-likeness (QED) is 0.723. The molecule has 2 heterocycles. The third kappa shape index (κ3) is 2.31. The lowest BCUT2D eigenvalue weighted by molar-refractivity contribution is 0.385. The summed E-state index contributed by atoms with van der Waals surface area (Å²) in [5, 5.41) is 7.04. The lowest BCUT2D eigenvalue weighted by atomic mass is 10.2. The van der Waals surface area contributed by atoms with E-state index >= 15 is 0 Å². The van der Waals surface area contributed by atoms with Crippen molar-refractivity contribution in [2.75, 3.05) is 0 Å². The number of hydrogen-bond acceptors (Lipinski definition) is 5. The minimum atomic E-state index is 0.587. The fraction of sp³-hybridized carbons (Fsp3) is 0.154. The zero-order chi connectivity index (χ0) is 12.4. The lowest BCUT2D eigenvalue weighted by Crippen LogP contribution is -1.89. The van der Waals surface area contributed by atoms with Crippen LogP contribution in [-0.2, 0) is 6.42 Å². The largest absolute Gasteiger partial charge is 0.339 e. The summed E-state index contributed by atoms with van der Waals surface area (Å²) in [4.78, 5) is 8.75. The van der Waals surface area contributed by atoms with Gasteiger partial charge in [-0.15, -0.1) is 11.3 Å². The molecule has 3 aromatic rings. The van der Waals surface area contributed by atoms with Crippen LogP contribution in [0.1, 0.15) is 16.6 Å². The first-order valence-corrected chi connectivity index (χ1v) is 6.48. The molecule has 0 fully saturated rings. The molecule has 0 saturated heterocycles. The van der Waals surface area contributed by atoms with Gasteiger partial charge in [0, 0.05) is 10.9 Å². The summed E-state index contributed by atoms with van der Waals surface area (Å²) in [6.45, 7) is 1.98. The van der Waals surface area contributed by atoms with Gasteiger partial charge in [0.15, 0.2) is 0 Å². The Morgan fingerprint density at radius 2 is 2.00 bits per heavy atom. The van der Waals surface area contributed by atoms with Crippen LogP contribution in [0.3, 0.4) is 0 Å². The van der Waals surface area contributed by atoms with Gasteiger partial charge in [-0.1, -0.05) is 35.5 Å². The summed E-state index contributed by atoms with van der Waals surface area (Å²) in [6.07, 6.45) is 0.587. The second-order valence-corrected chi connectivity index (χ2v) is 4.97. The Kier molecular flexibility index (Phi) is 2.90. The van der Waals surface area contributed by atoms with E-state index in [1.54, 1.807) is 11.3 Å². The van der Waals surface area contributed by atoms with E-state index in [1.165, 1.54) is 0 Å². The summed E-state index contributed by atoms with van der Waals surface area (Å²) in [6, 6.07) is 9.79. The standard InChI is InChI=1S/C13H11N3OS/c1-9-14-11(8-18-9)7-12-15-13(16-17-12)10-5-3-2-4-6-10/h2-6,8H,7H2,1H3. The number of benzene rings is 1. The van der Waals surface area contributed by atoms with Crippen molar-refractivity contribution in [3.8, 4) is 11.4 Å². The highest BCUT2D eigenvalue weighted by molar-refractivity contribution is 7.09. The summed E-state index contributed by atoms with van der Waals surface area (Å²) in [5.41, 5.74) is 1.93. The molecule has 5 heteroatoms. The molecular weight excluding hydrogens is 246 g/mol. The first-order chi connectivity index (χ1) is 8.81. The first-order valence-electron chi connectivity index (χ1n) is 5.60. The zero-order valence-corrected chi connectivity index (χ0v) is 10.6. The van der Waals surface area contributed by atoms with Crippen LogP contribution in [0.4, 0.5) is 0 Å². The fourth-order valence-electron chi connectivity index (χ4n) is 1.68. The molecule has 4 nitrogen and oxygen atoms in total. The molecule has 0 aliphatic rings. The van der Waals surface area contributed by atoms with Crippen LogP contribution in [0, 0.1) is 6.92 Å². The van der Waals surface area contributed by atoms with Crippen molar-refractivity contribution in [2.24, 2.45) is 0 Å². The third-order valence-electron chi connectivity index (χ3n) is 2.50. The Hall–Kier alpha value is -2.01. The van der Waals surface area contributed by atoms with E-state index in [9.17, 15) is 0 Å². The fourth-order valence-corrected chi connectivity index (χ4v) is 2.29. The molecule has 18 heavy (non-hydrogen) atoms. The molecule has 0 saturated carbocycles. The Morgan fingerprint density at radius 3 is 2.72 bits per heavy atom. The van der Waals surface area contributed by atoms with Gasteiger partial charge in [0.2, 0.25) is 11.7 Å². The molecule has 90 valence electrons. The van der Waals surface area contributed by atoms with E-state index < -0.39 is 0 Å². The smallest absolute Gasteiger partial charge is 0.233 e. The van der Waals surface area contributed by atoms with Crippen molar-refractivity contribution in [1.29, 1.82) is 0 Å². The van der Waals surface area contributed by atoms with Gasteiger partial charge in [-0.3, -0.25) is 0 Å². The zero-order valence-electron chi connectivity index (χ0n) is 9.83. The number of nitrogens with zero attached hydrogens (tertiary/aromatic N) is 3. The molecule has 0 aliphatic heterocycles. The number of rotatable bonds is 3. The Balaban J connectivity index is 1.82. The highest BCUT2D eigenvalue weighted by Gasteiger charge is 2.10. The average molecular weight is 257 g/mol. The topological polar surface area (TPSA) is 51.8 Å². The molecule has 0 unspecified atom stereocenters.